The van der Waals surface area contributed by atoms with E-state index in [9.17, 15) is 19.7 Å². The number of esters is 1. The Balaban J connectivity index is 1.76. The number of hydrogen-bond donors (Lipinski definition) is 0. The van der Waals surface area contributed by atoms with Crippen LogP contribution >= 0.6 is 24.0 Å². The van der Waals surface area contributed by atoms with E-state index in [0.717, 1.165) is 5.56 Å². The number of nitro groups is 1. The highest BCUT2D eigenvalue weighted by Gasteiger charge is 2.47. The summed E-state index contributed by atoms with van der Waals surface area (Å²) in [4.78, 5) is 37.2. The number of hydrogen-bond acceptors (Lipinski definition) is 8. The number of aryl methyl sites for hydroxylation is 1. The highest BCUT2D eigenvalue weighted by Crippen LogP contribution is 2.33. The van der Waals surface area contributed by atoms with Crippen molar-refractivity contribution in [3.8, 4) is 5.75 Å². The van der Waals surface area contributed by atoms with E-state index in [0.29, 0.717) is 17.1 Å². The first-order chi connectivity index (χ1) is 15.8. The predicted octanol–water partition coefficient (Wildman–Crippen LogP) is 4.20. The number of benzene rings is 2. The number of carbonyl (C=O) groups is 2. The van der Waals surface area contributed by atoms with Crippen molar-refractivity contribution in [2.45, 2.75) is 31.4 Å². The van der Waals surface area contributed by atoms with Crippen LogP contribution in [0.1, 0.15) is 17.5 Å². The molecule has 2 atom stereocenters. The molecule has 1 saturated heterocycles. The molecule has 3 rings (SSSR count). The molecule has 1 amide bonds. The Kier molecular flexibility index (Phi) is 8.18. The Bertz CT molecular complexity index is 1060. The van der Waals surface area contributed by atoms with Crippen molar-refractivity contribution in [1.29, 1.82) is 0 Å². The zero-order chi connectivity index (χ0) is 24.0. The third-order valence-corrected chi connectivity index (χ3v) is 6.36. The van der Waals surface area contributed by atoms with Gasteiger partial charge in [0.25, 0.3) is 5.69 Å². The molecule has 0 bridgehead atoms. The summed E-state index contributed by atoms with van der Waals surface area (Å²) in [5.74, 6) is 0.0818. The molecular formula is C23H22N2O6S2. The number of nitro benzene ring substituents is 1. The fourth-order valence-electron chi connectivity index (χ4n) is 3.08. The Hall–Kier alpha value is -3.24. The zero-order valence-electron chi connectivity index (χ0n) is 17.8. The van der Waals surface area contributed by atoms with Gasteiger partial charge in [0, 0.05) is 17.9 Å². The second-order valence-electron chi connectivity index (χ2n) is 7.25. The third-order valence-electron chi connectivity index (χ3n) is 4.85. The number of thioether (sulfide) groups is 1. The maximum atomic E-state index is 13.1. The monoisotopic (exact) mass is 486 g/mol. The normalized spacial score (nSPS) is 15.8. The van der Waals surface area contributed by atoms with E-state index in [2.05, 4.69) is 6.58 Å². The van der Waals surface area contributed by atoms with E-state index in [1.54, 1.807) is 18.2 Å². The van der Waals surface area contributed by atoms with Crippen LogP contribution in [0.4, 0.5) is 5.69 Å². The lowest BCUT2D eigenvalue weighted by Crippen LogP contribution is -2.62. The molecule has 0 N–H and O–H groups in total. The lowest BCUT2D eigenvalue weighted by atomic mass is 10.1. The van der Waals surface area contributed by atoms with Crippen molar-refractivity contribution in [2.24, 2.45) is 0 Å². The van der Waals surface area contributed by atoms with E-state index in [-0.39, 0.29) is 35.0 Å². The number of ether oxygens (including phenoxy) is 2. The van der Waals surface area contributed by atoms with Gasteiger partial charge < -0.3 is 14.4 Å². The Morgan fingerprint density at radius 2 is 1.97 bits per heavy atom. The van der Waals surface area contributed by atoms with Crippen LogP contribution in [0.15, 0.2) is 61.2 Å². The molecule has 0 saturated carbocycles. The summed E-state index contributed by atoms with van der Waals surface area (Å²) in [6.45, 7) is 5.48. The molecule has 0 spiro atoms. The average molecular weight is 487 g/mol. The van der Waals surface area contributed by atoms with E-state index in [1.807, 2.05) is 19.1 Å². The maximum Gasteiger partial charge on any atom is 0.338 e. The Morgan fingerprint density at radius 3 is 2.55 bits per heavy atom. The van der Waals surface area contributed by atoms with Crippen molar-refractivity contribution < 1.29 is 24.0 Å². The van der Waals surface area contributed by atoms with Crippen LogP contribution in [0.5, 0.6) is 5.75 Å². The molecule has 1 heterocycles. The second-order valence-corrected chi connectivity index (χ2v) is 8.86. The molecule has 2 aromatic carbocycles. The van der Waals surface area contributed by atoms with E-state index in [1.165, 1.54) is 40.9 Å². The van der Waals surface area contributed by atoms with E-state index < -0.39 is 16.9 Å². The summed E-state index contributed by atoms with van der Waals surface area (Å²) in [7, 11) is 0. The molecule has 10 heteroatoms. The van der Waals surface area contributed by atoms with Gasteiger partial charge in [0.2, 0.25) is 11.0 Å². The standard InChI is InChI=1S/C23H22N2O6S2/c1-3-12-33-20-13-19(26)24(20)21(23(32)31-18-10-4-15(2)5-11-18)22(27)30-14-16-6-8-17(9-7-16)25(28)29/h3-11,20-21H,1,12-14H2,2H3. The van der Waals surface area contributed by atoms with Crippen LogP contribution in [0, 0.1) is 17.0 Å². The van der Waals surface area contributed by atoms with Crippen LogP contribution in [0.3, 0.4) is 0 Å². The zero-order valence-corrected chi connectivity index (χ0v) is 19.5. The minimum absolute atomic E-state index is 0.0658. The van der Waals surface area contributed by atoms with Crippen molar-refractivity contribution >= 4 is 46.6 Å². The van der Waals surface area contributed by atoms with Gasteiger partial charge in [0.1, 0.15) is 12.4 Å². The molecule has 2 unspecified atom stereocenters. The highest BCUT2D eigenvalue weighted by atomic mass is 32.2. The van der Waals surface area contributed by atoms with Crippen LogP contribution in [0.25, 0.3) is 0 Å². The smallest absolute Gasteiger partial charge is 0.338 e. The maximum absolute atomic E-state index is 13.1. The molecule has 8 nitrogen and oxygen atoms in total. The first-order valence-corrected chi connectivity index (χ1v) is 11.5. The van der Waals surface area contributed by atoms with Crippen LogP contribution in [0.2, 0.25) is 0 Å². The first-order valence-electron chi connectivity index (χ1n) is 10.0. The van der Waals surface area contributed by atoms with Crippen LogP contribution in [-0.2, 0) is 20.9 Å². The minimum atomic E-state index is -1.21. The van der Waals surface area contributed by atoms with Crippen LogP contribution < -0.4 is 4.74 Å². The van der Waals surface area contributed by atoms with Crippen LogP contribution in [-0.4, -0.2) is 43.9 Å². The van der Waals surface area contributed by atoms with Gasteiger partial charge >= 0.3 is 5.97 Å². The summed E-state index contributed by atoms with van der Waals surface area (Å²) < 4.78 is 11.2. The molecule has 2 aromatic rings. The largest absolute Gasteiger partial charge is 0.459 e. The van der Waals surface area contributed by atoms with E-state index >= 15 is 0 Å². The van der Waals surface area contributed by atoms with Gasteiger partial charge in [-0.05, 0) is 49.0 Å². The molecule has 1 aliphatic rings. The number of β-lactam (4-membered cyclic amide) rings is 1. The van der Waals surface area contributed by atoms with Gasteiger partial charge in [-0.1, -0.05) is 23.8 Å². The molecule has 172 valence electrons. The number of likely N-dealkylation sites (tertiary alicyclic amines) is 1. The summed E-state index contributed by atoms with van der Waals surface area (Å²) in [6.07, 6.45) is 1.99. The number of nitrogens with zero attached hydrogens (tertiary/aromatic N) is 2. The van der Waals surface area contributed by atoms with Crippen molar-refractivity contribution in [3.05, 3.63) is 82.4 Å². The van der Waals surface area contributed by atoms with Gasteiger partial charge in [0.05, 0.1) is 16.7 Å². The van der Waals surface area contributed by atoms with Gasteiger partial charge in [-0.3, -0.25) is 14.9 Å². The molecular weight excluding hydrogens is 464 g/mol. The van der Waals surface area contributed by atoms with Crippen molar-refractivity contribution in [2.75, 3.05) is 5.75 Å². The van der Waals surface area contributed by atoms with Gasteiger partial charge in [0.15, 0.2) is 6.04 Å². The topological polar surface area (TPSA) is 99.0 Å². The summed E-state index contributed by atoms with van der Waals surface area (Å²) in [6, 6.07) is 11.6. The molecule has 0 aromatic heterocycles. The summed E-state index contributed by atoms with van der Waals surface area (Å²) in [5, 5.41) is 10.5. The van der Waals surface area contributed by atoms with Crippen molar-refractivity contribution in [1.82, 2.24) is 4.90 Å². The fraction of sp³-hybridized carbons (Fsp3) is 0.261. The van der Waals surface area contributed by atoms with Crippen molar-refractivity contribution in [3.63, 3.8) is 0 Å². The fourth-order valence-corrected chi connectivity index (χ4v) is 4.40. The second kappa shape index (κ2) is 11.1. The molecule has 33 heavy (non-hydrogen) atoms. The molecule has 0 radical (unpaired) electrons. The van der Waals surface area contributed by atoms with Gasteiger partial charge in [-0.25, -0.2) is 4.79 Å². The summed E-state index contributed by atoms with van der Waals surface area (Å²) in [5.41, 5.74) is 1.53. The Morgan fingerprint density at radius 1 is 1.30 bits per heavy atom. The number of carbonyl (C=O) groups excluding carboxylic acids is 2. The Labute approximate surface area is 200 Å². The first kappa shape index (κ1) is 24.4. The molecule has 0 aliphatic carbocycles. The SMILES string of the molecule is C=CCSC1CC(=O)N1C(C(=O)OCc1ccc([N+](=O)[O-])cc1)C(=S)Oc1ccc(C)cc1. The molecule has 1 aliphatic heterocycles. The highest BCUT2D eigenvalue weighted by molar-refractivity contribution is 8.00. The number of amides is 1. The summed E-state index contributed by atoms with van der Waals surface area (Å²) >= 11 is 6.88. The lowest BCUT2D eigenvalue weighted by molar-refractivity contribution is -0.384. The number of rotatable bonds is 10. The predicted molar refractivity (Wildman–Crippen MR) is 129 cm³/mol. The van der Waals surface area contributed by atoms with E-state index in [4.69, 9.17) is 21.7 Å². The average Bonchev–Trinajstić information content (AvgIpc) is 2.80. The quantitative estimate of drug-likeness (QED) is 0.123. The number of thiocarbonyl (C=S) groups is 1. The minimum Gasteiger partial charge on any atom is -0.459 e. The molecule has 1 fully saturated rings. The number of non-ortho nitro benzene ring substituents is 1. The van der Waals surface area contributed by atoms with Gasteiger partial charge in [-0.15, -0.1) is 18.3 Å². The van der Waals surface area contributed by atoms with Gasteiger partial charge in [-0.2, -0.15) is 0 Å². The third kappa shape index (κ3) is 6.17. The lowest BCUT2D eigenvalue weighted by Gasteiger charge is -2.43.